The van der Waals surface area contributed by atoms with Gasteiger partial charge in [0.2, 0.25) is 0 Å². The van der Waals surface area contributed by atoms with Crippen LogP contribution in [-0.4, -0.2) is 4.57 Å². The van der Waals surface area contributed by atoms with Crippen LogP contribution in [0, 0.1) is 0 Å². The van der Waals surface area contributed by atoms with E-state index < -0.39 is 0 Å². The van der Waals surface area contributed by atoms with Crippen molar-refractivity contribution in [1.29, 1.82) is 0 Å². The summed E-state index contributed by atoms with van der Waals surface area (Å²) in [6.07, 6.45) is 6.80. The van der Waals surface area contributed by atoms with Crippen molar-refractivity contribution in [3.8, 4) is 27.9 Å². The van der Waals surface area contributed by atoms with Gasteiger partial charge in [0, 0.05) is 16.5 Å². The van der Waals surface area contributed by atoms with E-state index in [0.29, 0.717) is 0 Å². The summed E-state index contributed by atoms with van der Waals surface area (Å²) in [5, 5.41) is 9.09. The Hall–Kier alpha value is -5.40. The molecular formula is C42H29N. The first-order valence-electron chi connectivity index (χ1n) is 15.2. The van der Waals surface area contributed by atoms with E-state index in [1.165, 1.54) is 82.4 Å². The number of benzene rings is 7. The summed E-state index contributed by atoms with van der Waals surface area (Å²) in [4.78, 5) is 0. The smallest absolute Gasteiger partial charge is 0.0544 e. The Labute approximate surface area is 251 Å². The van der Waals surface area contributed by atoms with Crippen LogP contribution in [0.3, 0.4) is 0 Å². The lowest BCUT2D eigenvalue weighted by molar-refractivity contribution is 0.970. The monoisotopic (exact) mass is 547 g/mol. The molecule has 0 fully saturated rings. The highest BCUT2D eigenvalue weighted by Crippen LogP contribution is 2.40. The minimum absolute atomic E-state index is 1.06. The molecule has 7 aromatic carbocycles. The molecule has 1 nitrogen and oxygen atoms in total. The fourth-order valence-electron chi connectivity index (χ4n) is 7.14. The van der Waals surface area contributed by atoms with Crippen molar-refractivity contribution < 1.29 is 0 Å². The predicted octanol–water partition coefficient (Wildman–Crippen LogP) is 11.4. The Morgan fingerprint density at radius 2 is 1.16 bits per heavy atom. The second-order valence-electron chi connectivity index (χ2n) is 11.7. The number of hydrogen-bond donors (Lipinski definition) is 0. The molecule has 9 rings (SSSR count). The minimum Gasteiger partial charge on any atom is -0.309 e. The van der Waals surface area contributed by atoms with Crippen LogP contribution in [0.15, 0.2) is 146 Å². The molecule has 202 valence electrons. The summed E-state index contributed by atoms with van der Waals surface area (Å²) in [6.45, 7) is 0. The van der Waals surface area contributed by atoms with Crippen molar-refractivity contribution in [1.82, 2.24) is 4.57 Å². The zero-order valence-corrected chi connectivity index (χ0v) is 23.8. The van der Waals surface area contributed by atoms with Gasteiger partial charge in [-0.25, -0.2) is 0 Å². The van der Waals surface area contributed by atoms with Gasteiger partial charge >= 0.3 is 0 Å². The van der Waals surface area contributed by atoms with E-state index in [0.717, 1.165) is 12.8 Å². The van der Waals surface area contributed by atoms with E-state index in [9.17, 15) is 0 Å². The van der Waals surface area contributed by atoms with Gasteiger partial charge in [-0.15, -0.1) is 0 Å². The number of allylic oxidation sites excluding steroid dienone is 1. The van der Waals surface area contributed by atoms with Gasteiger partial charge < -0.3 is 4.57 Å². The van der Waals surface area contributed by atoms with Gasteiger partial charge in [-0.3, -0.25) is 0 Å². The molecule has 1 heteroatoms. The van der Waals surface area contributed by atoms with Crippen molar-refractivity contribution in [2.75, 3.05) is 0 Å². The van der Waals surface area contributed by atoms with Crippen molar-refractivity contribution in [3.63, 3.8) is 0 Å². The lowest BCUT2D eigenvalue weighted by Crippen LogP contribution is -2.00. The molecule has 1 aliphatic carbocycles. The summed E-state index contributed by atoms with van der Waals surface area (Å²) >= 11 is 0. The first-order chi connectivity index (χ1) is 21.3. The lowest BCUT2D eigenvalue weighted by Gasteiger charge is -2.14. The van der Waals surface area contributed by atoms with E-state index in [2.05, 4.69) is 156 Å². The topological polar surface area (TPSA) is 4.93 Å². The number of hydrogen-bond acceptors (Lipinski definition) is 0. The highest BCUT2D eigenvalue weighted by molar-refractivity contribution is 6.12. The number of aryl methyl sites for hydroxylation is 1. The van der Waals surface area contributed by atoms with Crippen molar-refractivity contribution in [3.05, 3.63) is 157 Å². The highest BCUT2D eigenvalue weighted by atomic mass is 15.0. The molecule has 0 amide bonds. The molecule has 1 aromatic heterocycles. The fourth-order valence-corrected chi connectivity index (χ4v) is 7.14. The standard InChI is InChI=1S/C42H29N/c1-2-9-28(10-3-1)31-19-17-29-18-20-32(27-35(29)26-31)33-21-23-37-34(25-33)22-24-41-42(37)38-14-6-7-15-40(38)43(41)39-16-8-12-30-11-4-5-13-36(30)39/h1-5,7-13,15-27H,6,14H2. The molecule has 1 aliphatic rings. The second kappa shape index (κ2) is 9.58. The lowest BCUT2D eigenvalue weighted by atomic mass is 9.94. The Balaban J connectivity index is 1.21. The van der Waals surface area contributed by atoms with Gasteiger partial charge in [0.15, 0.2) is 0 Å². The number of aromatic nitrogens is 1. The molecule has 0 radical (unpaired) electrons. The van der Waals surface area contributed by atoms with Crippen LogP contribution in [0.1, 0.15) is 17.7 Å². The zero-order valence-electron chi connectivity index (χ0n) is 23.8. The maximum absolute atomic E-state index is 2.49. The van der Waals surface area contributed by atoms with Gasteiger partial charge in [0.05, 0.1) is 11.2 Å². The molecule has 8 aromatic rings. The summed E-state index contributed by atoms with van der Waals surface area (Å²) in [6, 6.07) is 51.3. The van der Waals surface area contributed by atoms with E-state index in [1.807, 2.05) is 0 Å². The van der Waals surface area contributed by atoms with Crippen LogP contribution >= 0.6 is 0 Å². The van der Waals surface area contributed by atoms with Crippen LogP contribution in [0.25, 0.3) is 77.2 Å². The maximum atomic E-state index is 2.49. The predicted molar refractivity (Wildman–Crippen MR) is 184 cm³/mol. The van der Waals surface area contributed by atoms with E-state index in [-0.39, 0.29) is 0 Å². The van der Waals surface area contributed by atoms with Crippen LogP contribution in [-0.2, 0) is 6.42 Å². The molecule has 0 spiro atoms. The third kappa shape index (κ3) is 3.86. The van der Waals surface area contributed by atoms with Crippen LogP contribution in [0.4, 0.5) is 0 Å². The van der Waals surface area contributed by atoms with Crippen molar-refractivity contribution in [2.45, 2.75) is 12.8 Å². The molecule has 43 heavy (non-hydrogen) atoms. The van der Waals surface area contributed by atoms with Crippen LogP contribution in [0.2, 0.25) is 0 Å². The highest BCUT2D eigenvalue weighted by Gasteiger charge is 2.21. The average Bonchev–Trinajstić information content (AvgIpc) is 3.42. The molecule has 1 heterocycles. The molecule has 0 unspecified atom stereocenters. The SMILES string of the molecule is C1=Cc2c(c3c4ccc(-c5ccc6ccc(-c7ccccc7)cc6c5)cc4ccc3n2-c2cccc3ccccc23)CC1. The second-order valence-corrected chi connectivity index (χ2v) is 11.7. The van der Waals surface area contributed by atoms with Gasteiger partial charge in [-0.05, 0) is 104 Å². The van der Waals surface area contributed by atoms with Crippen molar-refractivity contribution in [2.24, 2.45) is 0 Å². The Kier molecular flexibility index (Phi) is 5.39. The van der Waals surface area contributed by atoms with Gasteiger partial charge in [-0.2, -0.15) is 0 Å². The summed E-state index contributed by atoms with van der Waals surface area (Å²) in [7, 11) is 0. The molecule has 0 saturated heterocycles. The Morgan fingerprint density at radius 3 is 2.02 bits per heavy atom. The Bertz CT molecular complexity index is 2380. The third-order valence-electron chi connectivity index (χ3n) is 9.22. The van der Waals surface area contributed by atoms with E-state index >= 15 is 0 Å². The average molecular weight is 548 g/mol. The molecule has 0 bridgehead atoms. The quantitative estimate of drug-likeness (QED) is 0.207. The largest absolute Gasteiger partial charge is 0.309 e. The Morgan fingerprint density at radius 1 is 0.465 bits per heavy atom. The van der Waals surface area contributed by atoms with Gasteiger partial charge in [0.1, 0.15) is 0 Å². The number of rotatable bonds is 3. The number of fused-ring (bicyclic) bond motifs is 7. The summed E-state index contributed by atoms with van der Waals surface area (Å²) in [5.74, 6) is 0. The van der Waals surface area contributed by atoms with E-state index in [1.54, 1.807) is 0 Å². The summed E-state index contributed by atoms with van der Waals surface area (Å²) < 4.78 is 2.49. The molecular weight excluding hydrogens is 518 g/mol. The van der Waals surface area contributed by atoms with Crippen LogP contribution < -0.4 is 0 Å². The molecule has 0 N–H and O–H groups in total. The third-order valence-corrected chi connectivity index (χ3v) is 9.22. The summed E-state index contributed by atoms with van der Waals surface area (Å²) in [5.41, 5.74) is 10.3. The first-order valence-corrected chi connectivity index (χ1v) is 15.2. The number of nitrogens with zero attached hydrogens (tertiary/aromatic N) is 1. The van der Waals surface area contributed by atoms with Crippen molar-refractivity contribution >= 4 is 49.3 Å². The van der Waals surface area contributed by atoms with Gasteiger partial charge in [-0.1, -0.05) is 115 Å². The zero-order chi connectivity index (χ0) is 28.3. The molecule has 0 aliphatic heterocycles. The van der Waals surface area contributed by atoms with Gasteiger partial charge in [0.25, 0.3) is 0 Å². The fraction of sp³-hybridized carbons (Fsp3) is 0.0476. The minimum atomic E-state index is 1.06. The maximum Gasteiger partial charge on any atom is 0.0544 e. The molecule has 0 saturated carbocycles. The molecule has 0 atom stereocenters. The van der Waals surface area contributed by atoms with Crippen LogP contribution in [0.5, 0.6) is 0 Å². The van der Waals surface area contributed by atoms with E-state index in [4.69, 9.17) is 0 Å². The normalized spacial score (nSPS) is 12.8. The first kappa shape index (κ1) is 24.2.